The number of hydrogen-bond acceptors (Lipinski definition) is 4. The van der Waals surface area contributed by atoms with E-state index in [2.05, 4.69) is 6.92 Å². The number of para-hydroxylation sites is 1. The topological polar surface area (TPSA) is 82.7 Å². The van der Waals surface area contributed by atoms with Crippen molar-refractivity contribution < 1.29 is 19.4 Å². The van der Waals surface area contributed by atoms with Gasteiger partial charge in [-0.2, -0.15) is 0 Å². The predicted octanol–water partition coefficient (Wildman–Crippen LogP) is 5.69. The van der Waals surface area contributed by atoms with Crippen molar-refractivity contribution in [3.05, 3.63) is 112 Å². The van der Waals surface area contributed by atoms with Gasteiger partial charge in [0.2, 0.25) is 6.29 Å². The molecule has 192 valence electrons. The van der Waals surface area contributed by atoms with Gasteiger partial charge < -0.3 is 14.6 Å². The van der Waals surface area contributed by atoms with Gasteiger partial charge in [0, 0.05) is 19.9 Å². The highest BCUT2D eigenvalue weighted by molar-refractivity contribution is 5.95. The quantitative estimate of drug-likeness (QED) is 0.268. The molecular formula is C30H32N2O5. The third kappa shape index (κ3) is 5.43. The fraction of sp³-hybridized carbons (Fsp3) is 0.267. The van der Waals surface area contributed by atoms with Gasteiger partial charge in [0.25, 0.3) is 0 Å². The number of aromatic nitrogens is 2. The van der Waals surface area contributed by atoms with Crippen LogP contribution in [0.1, 0.15) is 53.4 Å². The molecule has 0 aliphatic rings. The summed E-state index contributed by atoms with van der Waals surface area (Å²) in [4.78, 5) is 25.5. The third-order valence-corrected chi connectivity index (χ3v) is 6.48. The fourth-order valence-corrected chi connectivity index (χ4v) is 4.66. The highest BCUT2D eigenvalue weighted by Crippen LogP contribution is 2.28. The number of nitrogens with zero attached hydrogens (tertiary/aromatic N) is 2. The number of rotatable bonds is 11. The standard InChI is InChI=1S/C30H32N2O5/c1-4-5-15-26-27(29(36-2)37-3)32(23-11-7-6-8-12-23)30(35)31(26)20-21-16-18-22(19-17-21)24-13-9-10-14-25(24)28(33)34/h6-14,16-19,29H,4-5,15,20H2,1-3H3,(H,33,34). The number of carboxylic acids is 1. The summed E-state index contributed by atoms with van der Waals surface area (Å²) in [5.74, 6) is -0.965. The van der Waals surface area contributed by atoms with E-state index in [-0.39, 0.29) is 11.3 Å². The van der Waals surface area contributed by atoms with Crippen molar-refractivity contribution in [3.63, 3.8) is 0 Å². The van der Waals surface area contributed by atoms with E-state index in [1.54, 1.807) is 41.6 Å². The molecule has 0 amide bonds. The van der Waals surface area contributed by atoms with Crippen molar-refractivity contribution in [1.29, 1.82) is 0 Å². The molecule has 0 aliphatic heterocycles. The van der Waals surface area contributed by atoms with Crippen LogP contribution in [0.3, 0.4) is 0 Å². The molecule has 37 heavy (non-hydrogen) atoms. The Morgan fingerprint density at radius 3 is 2.19 bits per heavy atom. The Bertz CT molecular complexity index is 1400. The maximum Gasteiger partial charge on any atom is 0.336 e. The molecule has 0 unspecified atom stereocenters. The lowest BCUT2D eigenvalue weighted by Gasteiger charge is -2.18. The monoisotopic (exact) mass is 500 g/mol. The molecule has 7 heteroatoms. The van der Waals surface area contributed by atoms with E-state index in [0.29, 0.717) is 24.2 Å². The van der Waals surface area contributed by atoms with Crippen molar-refractivity contribution in [1.82, 2.24) is 9.13 Å². The lowest BCUT2D eigenvalue weighted by Crippen LogP contribution is -2.25. The number of aromatic carboxylic acids is 1. The molecule has 0 aliphatic carbocycles. The average Bonchev–Trinajstić information content (AvgIpc) is 3.19. The van der Waals surface area contributed by atoms with Gasteiger partial charge in [-0.15, -0.1) is 0 Å². The Kier molecular flexibility index (Phi) is 8.38. The zero-order valence-electron chi connectivity index (χ0n) is 21.4. The van der Waals surface area contributed by atoms with Gasteiger partial charge in [0.05, 0.1) is 17.8 Å². The summed E-state index contributed by atoms with van der Waals surface area (Å²) in [6.07, 6.45) is 1.90. The van der Waals surface area contributed by atoms with Crippen LogP contribution in [0.5, 0.6) is 0 Å². The average molecular weight is 501 g/mol. The number of benzene rings is 3. The number of unbranched alkanes of at least 4 members (excludes halogenated alkanes) is 1. The second-order valence-electron chi connectivity index (χ2n) is 8.83. The molecule has 0 atom stereocenters. The second kappa shape index (κ2) is 11.9. The minimum Gasteiger partial charge on any atom is -0.478 e. The third-order valence-electron chi connectivity index (χ3n) is 6.48. The van der Waals surface area contributed by atoms with Crippen LogP contribution in [0, 0.1) is 0 Å². The number of carboxylic acid groups (broad SMARTS) is 1. The lowest BCUT2D eigenvalue weighted by atomic mass is 9.98. The van der Waals surface area contributed by atoms with Gasteiger partial charge >= 0.3 is 11.7 Å². The summed E-state index contributed by atoms with van der Waals surface area (Å²) in [7, 11) is 3.14. The minimum absolute atomic E-state index is 0.160. The molecule has 0 fully saturated rings. The fourth-order valence-electron chi connectivity index (χ4n) is 4.66. The van der Waals surface area contributed by atoms with Crippen molar-refractivity contribution in [2.24, 2.45) is 0 Å². The zero-order chi connectivity index (χ0) is 26.4. The van der Waals surface area contributed by atoms with Crippen LogP contribution in [0.2, 0.25) is 0 Å². The Balaban J connectivity index is 1.80. The Morgan fingerprint density at radius 1 is 0.919 bits per heavy atom. The molecule has 3 aromatic carbocycles. The second-order valence-corrected chi connectivity index (χ2v) is 8.83. The summed E-state index contributed by atoms with van der Waals surface area (Å²) >= 11 is 0. The van der Waals surface area contributed by atoms with Gasteiger partial charge in [-0.05, 0) is 47.7 Å². The first kappa shape index (κ1) is 26.1. The normalized spacial score (nSPS) is 11.2. The first-order chi connectivity index (χ1) is 18.0. The number of imidazole rings is 1. The molecule has 1 aromatic heterocycles. The van der Waals surface area contributed by atoms with Crippen LogP contribution in [-0.4, -0.2) is 34.4 Å². The molecule has 0 spiro atoms. The van der Waals surface area contributed by atoms with Crippen LogP contribution in [0.4, 0.5) is 0 Å². The van der Waals surface area contributed by atoms with Crippen LogP contribution < -0.4 is 5.69 Å². The Morgan fingerprint density at radius 2 is 1.57 bits per heavy atom. The van der Waals surface area contributed by atoms with E-state index >= 15 is 0 Å². The largest absolute Gasteiger partial charge is 0.478 e. The van der Waals surface area contributed by atoms with E-state index < -0.39 is 12.3 Å². The highest BCUT2D eigenvalue weighted by Gasteiger charge is 2.27. The molecule has 7 nitrogen and oxygen atoms in total. The maximum absolute atomic E-state index is 13.9. The van der Waals surface area contributed by atoms with Crippen LogP contribution in [0.25, 0.3) is 16.8 Å². The predicted molar refractivity (Wildman–Crippen MR) is 143 cm³/mol. The lowest BCUT2D eigenvalue weighted by molar-refractivity contribution is -0.110. The van der Waals surface area contributed by atoms with Crippen LogP contribution >= 0.6 is 0 Å². The minimum atomic E-state index is -0.965. The molecule has 4 aromatic rings. The first-order valence-corrected chi connectivity index (χ1v) is 12.4. The summed E-state index contributed by atoms with van der Waals surface area (Å²) < 4.78 is 14.8. The van der Waals surface area contributed by atoms with Gasteiger partial charge in [-0.1, -0.05) is 74.0 Å². The van der Waals surface area contributed by atoms with E-state index in [1.807, 2.05) is 60.7 Å². The summed E-state index contributed by atoms with van der Waals surface area (Å²) in [5, 5.41) is 9.56. The van der Waals surface area contributed by atoms with E-state index in [9.17, 15) is 14.7 Å². The molecule has 0 radical (unpaired) electrons. The first-order valence-electron chi connectivity index (χ1n) is 12.4. The zero-order valence-corrected chi connectivity index (χ0v) is 21.4. The number of hydrogen-bond donors (Lipinski definition) is 1. The number of methoxy groups -OCH3 is 2. The van der Waals surface area contributed by atoms with Crippen molar-refractivity contribution in [2.75, 3.05) is 14.2 Å². The maximum atomic E-state index is 13.9. The van der Waals surface area contributed by atoms with Crippen LogP contribution in [0.15, 0.2) is 83.7 Å². The number of carbonyl (C=O) groups is 1. The molecule has 0 bridgehead atoms. The summed E-state index contributed by atoms with van der Waals surface area (Å²) in [6.45, 7) is 2.49. The van der Waals surface area contributed by atoms with E-state index in [4.69, 9.17) is 9.47 Å². The van der Waals surface area contributed by atoms with Crippen molar-refractivity contribution in [2.45, 2.75) is 39.0 Å². The number of ether oxygens (including phenoxy) is 2. The Hall–Kier alpha value is -3.94. The molecular weight excluding hydrogens is 468 g/mol. The smallest absolute Gasteiger partial charge is 0.336 e. The summed E-state index contributed by atoms with van der Waals surface area (Å²) in [6, 6.07) is 24.1. The van der Waals surface area contributed by atoms with E-state index in [1.165, 1.54) is 0 Å². The van der Waals surface area contributed by atoms with Crippen molar-refractivity contribution >= 4 is 5.97 Å². The molecule has 1 N–H and O–H groups in total. The molecule has 4 rings (SSSR count). The summed E-state index contributed by atoms with van der Waals surface area (Å²) in [5.41, 5.74) is 4.81. The molecule has 0 saturated heterocycles. The highest BCUT2D eigenvalue weighted by atomic mass is 16.7. The van der Waals surface area contributed by atoms with Crippen molar-refractivity contribution in [3.8, 4) is 16.8 Å². The Labute approximate surface area is 216 Å². The molecule has 0 saturated carbocycles. The molecule has 1 heterocycles. The van der Waals surface area contributed by atoms with E-state index in [0.717, 1.165) is 35.3 Å². The SMILES string of the molecule is CCCCc1c(C(OC)OC)n(-c2ccccc2)c(=O)n1Cc1ccc(-c2ccccc2C(=O)O)cc1. The van der Waals surface area contributed by atoms with Gasteiger partial charge in [-0.3, -0.25) is 9.13 Å². The van der Waals surface area contributed by atoms with Gasteiger partial charge in [0.15, 0.2) is 0 Å². The van der Waals surface area contributed by atoms with Gasteiger partial charge in [-0.25, -0.2) is 9.59 Å². The van der Waals surface area contributed by atoms with Gasteiger partial charge in [0.1, 0.15) is 5.69 Å². The van der Waals surface area contributed by atoms with Crippen LogP contribution in [-0.2, 0) is 22.4 Å².